The number of aromatic nitrogens is 2. The second-order valence-electron chi connectivity index (χ2n) is 8.63. The summed E-state index contributed by atoms with van der Waals surface area (Å²) >= 11 is 0. The van der Waals surface area contributed by atoms with Gasteiger partial charge < -0.3 is 20.4 Å². The van der Waals surface area contributed by atoms with Crippen molar-refractivity contribution in [1.82, 2.24) is 20.6 Å². The lowest BCUT2D eigenvalue weighted by Crippen LogP contribution is -2.23. The Hall–Kier alpha value is -4.46. The first kappa shape index (κ1) is 24.7. The Balaban J connectivity index is 1.58. The maximum atomic E-state index is 11.8. The largest absolute Gasteiger partial charge is 0.355 e. The molecule has 1 heterocycles. The number of anilines is 2. The molecule has 0 spiro atoms. The lowest BCUT2D eigenvalue weighted by molar-refractivity contribution is 0.0955. The number of carbonyl (C=O) groups excluding carboxylic acids is 2. The highest BCUT2D eigenvalue weighted by atomic mass is 16.2. The number of nitrogens with one attached hydrogen (secondary N) is 2. The molecule has 0 saturated heterocycles. The Morgan fingerprint density at radius 3 is 1.72 bits per heavy atom. The average Bonchev–Trinajstić information content (AvgIpc) is 2.92. The maximum absolute atomic E-state index is 11.8. The third-order valence-corrected chi connectivity index (χ3v) is 6.00. The van der Waals surface area contributed by atoms with Crippen molar-refractivity contribution in [2.45, 2.75) is 13.1 Å². The van der Waals surface area contributed by atoms with Gasteiger partial charge in [0.15, 0.2) is 0 Å². The van der Waals surface area contributed by atoms with E-state index in [1.165, 1.54) is 0 Å². The van der Waals surface area contributed by atoms with Gasteiger partial charge in [-0.1, -0.05) is 36.4 Å². The van der Waals surface area contributed by atoms with Gasteiger partial charge in [-0.15, -0.1) is 0 Å². The summed E-state index contributed by atoms with van der Waals surface area (Å²) in [5, 5.41) is 6.25. The highest BCUT2D eigenvalue weighted by Crippen LogP contribution is 2.27. The van der Waals surface area contributed by atoms with Gasteiger partial charge in [-0.3, -0.25) is 9.59 Å². The van der Waals surface area contributed by atoms with Gasteiger partial charge in [-0.2, -0.15) is 4.98 Å². The summed E-state index contributed by atoms with van der Waals surface area (Å²) in [7, 11) is 7.20. The number of rotatable bonds is 8. The van der Waals surface area contributed by atoms with Crippen molar-refractivity contribution >= 4 is 34.5 Å². The standard InChI is InChI=1S/C28H30N6O2/c1-29-26(35)21-13-9-19(10-14-21)17-33(3)25-23-7-5-6-8-24(23)31-28(32-25)34(4)18-20-11-15-22(16-12-20)27(36)30-2/h5-16H,17-18H2,1-4H3,(H,29,35)(H,30,36). The van der Waals surface area contributed by atoms with Crippen LogP contribution in [0.4, 0.5) is 11.8 Å². The number of hydrogen-bond acceptors (Lipinski definition) is 6. The first-order valence-electron chi connectivity index (χ1n) is 11.7. The molecule has 3 aromatic carbocycles. The number of para-hydroxylation sites is 1. The Morgan fingerprint density at radius 1 is 0.694 bits per heavy atom. The summed E-state index contributed by atoms with van der Waals surface area (Å²) in [6, 6.07) is 23.1. The minimum Gasteiger partial charge on any atom is -0.355 e. The van der Waals surface area contributed by atoms with Crippen molar-refractivity contribution < 1.29 is 9.59 Å². The molecule has 1 aromatic heterocycles. The first-order valence-corrected chi connectivity index (χ1v) is 11.7. The monoisotopic (exact) mass is 482 g/mol. The quantitative estimate of drug-likeness (QED) is 0.399. The van der Waals surface area contributed by atoms with Crippen LogP contribution in [-0.2, 0) is 13.1 Å². The van der Waals surface area contributed by atoms with E-state index >= 15 is 0 Å². The van der Waals surface area contributed by atoms with Crippen molar-refractivity contribution in [3.05, 3.63) is 95.1 Å². The predicted molar refractivity (Wildman–Crippen MR) is 143 cm³/mol. The number of carbonyl (C=O) groups is 2. The average molecular weight is 483 g/mol. The Kier molecular flexibility index (Phi) is 7.44. The molecule has 0 bridgehead atoms. The summed E-state index contributed by atoms with van der Waals surface area (Å²) in [6.45, 7) is 1.22. The summed E-state index contributed by atoms with van der Waals surface area (Å²) < 4.78 is 0. The molecule has 0 aliphatic rings. The number of nitrogens with zero attached hydrogens (tertiary/aromatic N) is 4. The van der Waals surface area contributed by atoms with Crippen LogP contribution in [0.15, 0.2) is 72.8 Å². The molecule has 0 fully saturated rings. The van der Waals surface area contributed by atoms with E-state index in [9.17, 15) is 9.59 Å². The number of fused-ring (bicyclic) bond motifs is 1. The molecule has 184 valence electrons. The van der Waals surface area contributed by atoms with Crippen LogP contribution >= 0.6 is 0 Å². The third-order valence-electron chi connectivity index (χ3n) is 6.00. The highest BCUT2D eigenvalue weighted by molar-refractivity contribution is 5.94. The molecule has 36 heavy (non-hydrogen) atoms. The molecule has 0 radical (unpaired) electrons. The second-order valence-corrected chi connectivity index (χ2v) is 8.63. The molecule has 0 saturated carbocycles. The van der Waals surface area contributed by atoms with Crippen LogP contribution in [0.25, 0.3) is 10.9 Å². The van der Waals surface area contributed by atoms with E-state index in [4.69, 9.17) is 9.97 Å². The summed E-state index contributed by atoms with van der Waals surface area (Å²) in [6.07, 6.45) is 0. The van der Waals surface area contributed by atoms with E-state index in [1.807, 2.05) is 91.8 Å². The van der Waals surface area contributed by atoms with Crippen LogP contribution in [0.3, 0.4) is 0 Å². The van der Waals surface area contributed by atoms with Gasteiger partial charge in [0.2, 0.25) is 5.95 Å². The van der Waals surface area contributed by atoms with Gasteiger partial charge in [0.1, 0.15) is 5.82 Å². The zero-order chi connectivity index (χ0) is 25.7. The molecule has 0 aliphatic carbocycles. The van der Waals surface area contributed by atoms with Gasteiger partial charge in [0.25, 0.3) is 11.8 Å². The molecule has 8 heteroatoms. The topological polar surface area (TPSA) is 90.5 Å². The van der Waals surface area contributed by atoms with Crippen LogP contribution < -0.4 is 20.4 Å². The Morgan fingerprint density at radius 2 is 1.19 bits per heavy atom. The molecule has 0 unspecified atom stereocenters. The van der Waals surface area contributed by atoms with Crippen LogP contribution in [0.2, 0.25) is 0 Å². The third kappa shape index (κ3) is 5.43. The molecular weight excluding hydrogens is 452 g/mol. The van der Waals surface area contributed by atoms with Crippen LogP contribution in [0.1, 0.15) is 31.8 Å². The van der Waals surface area contributed by atoms with E-state index < -0.39 is 0 Å². The number of hydrogen-bond donors (Lipinski definition) is 2. The fourth-order valence-corrected chi connectivity index (χ4v) is 4.01. The second kappa shape index (κ2) is 10.9. The minimum atomic E-state index is -0.108. The smallest absolute Gasteiger partial charge is 0.251 e. The molecule has 0 aliphatic heterocycles. The molecule has 2 amide bonds. The highest BCUT2D eigenvalue weighted by Gasteiger charge is 2.15. The fraction of sp³-hybridized carbons (Fsp3) is 0.214. The van der Waals surface area contributed by atoms with Crippen molar-refractivity contribution in [2.75, 3.05) is 38.0 Å². The normalized spacial score (nSPS) is 10.7. The predicted octanol–water partition coefficient (Wildman–Crippen LogP) is 3.62. The number of benzene rings is 3. The SMILES string of the molecule is CNC(=O)c1ccc(CN(C)c2nc(N(C)Cc3ccc(C(=O)NC)cc3)c3ccccc3n2)cc1. The lowest BCUT2D eigenvalue weighted by atomic mass is 10.1. The molecule has 0 atom stereocenters. The molecular formula is C28H30N6O2. The maximum Gasteiger partial charge on any atom is 0.251 e. The first-order chi connectivity index (χ1) is 17.4. The van der Waals surface area contributed by atoms with E-state index in [0.717, 1.165) is 27.8 Å². The molecule has 2 N–H and O–H groups in total. The van der Waals surface area contributed by atoms with Crippen LogP contribution in [0.5, 0.6) is 0 Å². The Labute approximate surface area is 211 Å². The van der Waals surface area contributed by atoms with E-state index in [-0.39, 0.29) is 11.8 Å². The minimum absolute atomic E-state index is 0.104. The van der Waals surface area contributed by atoms with Gasteiger partial charge in [-0.05, 0) is 47.5 Å². The van der Waals surface area contributed by atoms with Gasteiger partial charge in [0.05, 0.1) is 5.52 Å². The van der Waals surface area contributed by atoms with E-state index in [2.05, 4.69) is 15.5 Å². The van der Waals surface area contributed by atoms with Crippen molar-refractivity contribution in [3.63, 3.8) is 0 Å². The van der Waals surface area contributed by atoms with Crippen molar-refractivity contribution in [1.29, 1.82) is 0 Å². The lowest BCUT2D eigenvalue weighted by Gasteiger charge is -2.24. The Bertz CT molecular complexity index is 1370. The van der Waals surface area contributed by atoms with Gasteiger partial charge in [0, 0.05) is 57.8 Å². The van der Waals surface area contributed by atoms with E-state index in [0.29, 0.717) is 30.2 Å². The summed E-state index contributed by atoms with van der Waals surface area (Å²) in [4.78, 5) is 37.5. The zero-order valence-electron chi connectivity index (χ0n) is 20.9. The molecule has 4 rings (SSSR count). The fourth-order valence-electron chi connectivity index (χ4n) is 4.01. The number of amides is 2. The van der Waals surface area contributed by atoms with Crippen LogP contribution in [-0.4, -0.2) is 50.0 Å². The van der Waals surface area contributed by atoms with Gasteiger partial charge >= 0.3 is 0 Å². The molecule has 8 nitrogen and oxygen atoms in total. The van der Waals surface area contributed by atoms with Gasteiger partial charge in [-0.25, -0.2) is 4.98 Å². The van der Waals surface area contributed by atoms with Crippen molar-refractivity contribution in [2.24, 2.45) is 0 Å². The van der Waals surface area contributed by atoms with E-state index in [1.54, 1.807) is 14.1 Å². The molecule has 4 aromatic rings. The van der Waals surface area contributed by atoms with Crippen molar-refractivity contribution in [3.8, 4) is 0 Å². The van der Waals surface area contributed by atoms with Crippen LogP contribution in [0, 0.1) is 0 Å². The summed E-state index contributed by atoms with van der Waals surface area (Å²) in [5.74, 6) is 1.23. The zero-order valence-corrected chi connectivity index (χ0v) is 20.9. The summed E-state index contributed by atoms with van der Waals surface area (Å²) in [5.41, 5.74) is 4.23.